The molecule has 0 aliphatic carbocycles. The first-order valence-electron chi connectivity index (χ1n) is 10.7. The molecule has 0 N–H and O–H groups in total. The van der Waals surface area contributed by atoms with Gasteiger partial charge in [0.05, 0.1) is 6.61 Å². The number of carbonyl (C=O) groups is 2. The van der Waals surface area contributed by atoms with Gasteiger partial charge in [-0.25, -0.2) is 0 Å². The maximum absolute atomic E-state index is 11.2. The van der Waals surface area contributed by atoms with E-state index in [1.54, 1.807) is 0 Å². The number of ether oxygens (including phenoxy) is 4. The molecule has 0 aromatic rings. The van der Waals surface area contributed by atoms with Gasteiger partial charge in [-0.1, -0.05) is 6.42 Å². The molecule has 2 atom stereocenters. The zero-order chi connectivity index (χ0) is 19.2. The molecule has 2 heterocycles. The van der Waals surface area contributed by atoms with E-state index in [1.165, 1.54) is 0 Å². The van der Waals surface area contributed by atoms with Crippen molar-refractivity contribution in [1.82, 2.24) is 0 Å². The third kappa shape index (κ3) is 10.7. The van der Waals surface area contributed by atoms with E-state index >= 15 is 0 Å². The van der Waals surface area contributed by atoms with E-state index in [4.69, 9.17) is 18.9 Å². The van der Waals surface area contributed by atoms with Gasteiger partial charge in [0.25, 0.3) is 0 Å². The number of carbonyl (C=O) groups excluding carboxylic acids is 2. The molecule has 2 aliphatic rings. The van der Waals surface area contributed by atoms with Crippen LogP contribution in [0.25, 0.3) is 0 Å². The number of rotatable bonds is 14. The zero-order valence-electron chi connectivity index (χ0n) is 16.6. The lowest BCUT2D eigenvalue weighted by Crippen LogP contribution is -2.23. The Kier molecular flexibility index (Phi) is 11.4. The molecule has 0 saturated carbocycles. The molecular formula is C21H36O6. The van der Waals surface area contributed by atoms with Gasteiger partial charge in [0.2, 0.25) is 0 Å². The summed E-state index contributed by atoms with van der Waals surface area (Å²) in [6.07, 6.45) is 11.5. The Balaban J connectivity index is 1.27. The molecule has 2 fully saturated rings. The van der Waals surface area contributed by atoms with E-state index in [1.807, 2.05) is 0 Å². The normalized spacial score (nSPS) is 23.1. The molecule has 0 amide bonds. The molecule has 0 radical (unpaired) electrons. The van der Waals surface area contributed by atoms with Crippen LogP contribution in [0.5, 0.6) is 0 Å². The fourth-order valence-corrected chi connectivity index (χ4v) is 3.64. The Morgan fingerprint density at radius 1 is 0.815 bits per heavy atom. The van der Waals surface area contributed by atoms with Gasteiger partial charge in [0, 0.05) is 39.3 Å². The number of unbranched alkanes of at least 4 members (excludes halogenated alkanes) is 2. The summed E-state index contributed by atoms with van der Waals surface area (Å²) in [5, 5.41) is 0. The van der Waals surface area contributed by atoms with E-state index < -0.39 is 0 Å². The van der Waals surface area contributed by atoms with Gasteiger partial charge in [-0.15, -0.1) is 0 Å². The molecule has 6 heteroatoms. The summed E-state index contributed by atoms with van der Waals surface area (Å²) in [6, 6.07) is 0. The van der Waals surface area contributed by atoms with Crippen molar-refractivity contribution >= 4 is 11.9 Å². The highest BCUT2D eigenvalue weighted by atomic mass is 16.5. The number of hydrogen-bond donors (Lipinski definition) is 0. The summed E-state index contributed by atoms with van der Waals surface area (Å²) in [5.74, 6) is 0.422. The molecule has 0 aromatic carbocycles. The summed E-state index contributed by atoms with van der Waals surface area (Å²) in [5.41, 5.74) is 0. The molecule has 0 spiro atoms. The van der Waals surface area contributed by atoms with Crippen LogP contribution in [-0.4, -0.2) is 51.1 Å². The van der Waals surface area contributed by atoms with Gasteiger partial charge < -0.3 is 18.9 Å². The zero-order valence-corrected chi connectivity index (χ0v) is 16.6. The minimum absolute atomic E-state index is 0.0406. The van der Waals surface area contributed by atoms with E-state index in [0.717, 1.165) is 90.6 Å². The van der Waals surface area contributed by atoms with Gasteiger partial charge in [0.15, 0.2) is 0 Å². The van der Waals surface area contributed by atoms with Gasteiger partial charge >= 0.3 is 11.9 Å². The van der Waals surface area contributed by atoms with Crippen LogP contribution in [0.15, 0.2) is 0 Å². The molecule has 2 unspecified atom stereocenters. The minimum atomic E-state index is -0.0417. The van der Waals surface area contributed by atoms with E-state index in [0.29, 0.717) is 25.4 Å². The Morgan fingerprint density at radius 2 is 1.52 bits per heavy atom. The summed E-state index contributed by atoms with van der Waals surface area (Å²) < 4.78 is 21.5. The first-order valence-corrected chi connectivity index (χ1v) is 10.7. The monoisotopic (exact) mass is 384 g/mol. The predicted octanol–water partition coefficient (Wildman–Crippen LogP) is 3.80. The molecule has 156 valence electrons. The summed E-state index contributed by atoms with van der Waals surface area (Å²) in [6.45, 7) is 3.63. The Labute approximate surface area is 163 Å². The Hall–Kier alpha value is -1.14. The van der Waals surface area contributed by atoms with Gasteiger partial charge in [-0.3, -0.25) is 9.59 Å². The van der Waals surface area contributed by atoms with Crippen molar-refractivity contribution in [3.8, 4) is 0 Å². The van der Waals surface area contributed by atoms with Gasteiger partial charge in [0.1, 0.15) is 6.10 Å². The molecule has 0 aromatic heterocycles. The second-order valence-corrected chi connectivity index (χ2v) is 7.65. The average molecular weight is 385 g/mol. The lowest BCUT2D eigenvalue weighted by Gasteiger charge is -2.21. The highest BCUT2D eigenvalue weighted by molar-refractivity contribution is 5.70. The van der Waals surface area contributed by atoms with Crippen molar-refractivity contribution in [2.75, 3.05) is 33.0 Å². The summed E-state index contributed by atoms with van der Waals surface area (Å²) in [7, 11) is 0. The topological polar surface area (TPSA) is 71.1 Å². The second kappa shape index (κ2) is 13.9. The lowest BCUT2D eigenvalue weighted by atomic mass is 9.94. The molecule has 27 heavy (non-hydrogen) atoms. The van der Waals surface area contributed by atoms with E-state index in [9.17, 15) is 9.59 Å². The fraction of sp³-hybridized carbons (Fsp3) is 0.905. The Morgan fingerprint density at radius 3 is 2.22 bits per heavy atom. The van der Waals surface area contributed by atoms with Crippen LogP contribution >= 0.6 is 0 Å². The fourth-order valence-electron chi connectivity index (χ4n) is 3.64. The molecule has 2 saturated heterocycles. The summed E-state index contributed by atoms with van der Waals surface area (Å²) in [4.78, 5) is 22.4. The average Bonchev–Trinajstić information content (AvgIpc) is 2.65. The predicted molar refractivity (Wildman–Crippen MR) is 101 cm³/mol. The highest BCUT2D eigenvalue weighted by Gasteiger charge is 2.20. The molecule has 2 rings (SSSR count). The van der Waals surface area contributed by atoms with Crippen molar-refractivity contribution in [1.29, 1.82) is 0 Å². The van der Waals surface area contributed by atoms with Crippen LogP contribution in [-0.2, 0) is 28.5 Å². The first-order chi connectivity index (χ1) is 13.2. The summed E-state index contributed by atoms with van der Waals surface area (Å²) >= 11 is 0. The van der Waals surface area contributed by atoms with Crippen LogP contribution in [0.4, 0.5) is 0 Å². The molecular weight excluding hydrogens is 348 g/mol. The van der Waals surface area contributed by atoms with E-state index in [2.05, 4.69) is 0 Å². The van der Waals surface area contributed by atoms with E-state index in [-0.39, 0.29) is 18.0 Å². The van der Waals surface area contributed by atoms with Crippen LogP contribution < -0.4 is 0 Å². The molecule has 2 aliphatic heterocycles. The molecule has 0 bridgehead atoms. The number of hydrogen-bond acceptors (Lipinski definition) is 6. The van der Waals surface area contributed by atoms with Crippen LogP contribution in [0.3, 0.4) is 0 Å². The Bertz CT molecular complexity index is 387. The van der Waals surface area contributed by atoms with Crippen molar-refractivity contribution in [2.24, 2.45) is 5.92 Å². The standard InChI is InChI=1S/C21H36O6/c22-20-10-5-9-19(27-20)8-2-4-13-25-15-6-14-24-12-3-1-7-18-11-16-26-21(23)17-18/h18-19H,1-17H2. The maximum Gasteiger partial charge on any atom is 0.306 e. The quantitative estimate of drug-likeness (QED) is 0.335. The van der Waals surface area contributed by atoms with Crippen molar-refractivity contribution in [2.45, 2.75) is 83.2 Å². The third-order valence-electron chi connectivity index (χ3n) is 5.24. The smallest absolute Gasteiger partial charge is 0.306 e. The van der Waals surface area contributed by atoms with Crippen LogP contribution in [0.2, 0.25) is 0 Å². The highest BCUT2D eigenvalue weighted by Crippen LogP contribution is 2.21. The van der Waals surface area contributed by atoms with Crippen molar-refractivity contribution in [3.05, 3.63) is 0 Å². The molecule has 6 nitrogen and oxygen atoms in total. The van der Waals surface area contributed by atoms with Crippen LogP contribution in [0.1, 0.15) is 77.0 Å². The third-order valence-corrected chi connectivity index (χ3v) is 5.24. The number of esters is 2. The van der Waals surface area contributed by atoms with Crippen LogP contribution in [0, 0.1) is 5.92 Å². The second-order valence-electron chi connectivity index (χ2n) is 7.65. The van der Waals surface area contributed by atoms with Crippen molar-refractivity contribution in [3.63, 3.8) is 0 Å². The maximum atomic E-state index is 11.2. The lowest BCUT2D eigenvalue weighted by molar-refractivity contribution is -0.154. The van der Waals surface area contributed by atoms with Gasteiger partial charge in [-0.05, 0) is 63.7 Å². The van der Waals surface area contributed by atoms with Crippen molar-refractivity contribution < 1.29 is 28.5 Å². The first kappa shape index (κ1) is 22.2. The number of cyclic esters (lactones) is 2. The SMILES string of the molecule is O=C1CC(CCCCOCCCOCCCCC2CCCC(=O)O2)CCO1. The van der Waals surface area contributed by atoms with Gasteiger partial charge in [-0.2, -0.15) is 0 Å². The minimum Gasteiger partial charge on any atom is -0.466 e. The largest absolute Gasteiger partial charge is 0.466 e.